The summed E-state index contributed by atoms with van der Waals surface area (Å²) >= 11 is 0. The fourth-order valence-corrected chi connectivity index (χ4v) is 7.25. The van der Waals surface area contributed by atoms with Gasteiger partial charge in [0.25, 0.3) is 0 Å². The monoisotopic (exact) mass is 874 g/mol. The summed E-state index contributed by atoms with van der Waals surface area (Å²) in [6.07, 6.45) is 59.4. The summed E-state index contributed by atoms with van der Waals surface area (Å²) in [5.74, 6) is -0.196. The molecule has 0 aromatic carbocycles. The second-order valence-electron chi connectivity index (χ2n) is 17.5. The van der Waals surface area contributed by atoms with E-state index in [1.165, 1.54) is 77.0 Å². The molecule has 0 fully saturated rings. The van der Waals surface area contributed by atoms with E-state index in [1.807, 2.05) is 27.2 Å². The van der Waals surface area contributed by atoms with E-state index in [9.17, 15) is 19.4 Å². The van der Waals surface area contributed by atoms with Crippen LogP contribution in [-0.2, 0) is 18.4 Å². The number of likely N-dealkylation sites (N-methyl/N-ethyl adjacent to an activating group) is 1. The van der Waals surface area contributed by atoms with Gasteiger partial charge in [-0.3, -0.25) is 13.8 Å². The number of amides is 1. The van der Waals surface area contributed by atoms with E-state index >= 15 is 0 Å². The van der Waals surface area contributed by atoms with Gasteiger partial charge in [0.15, 0.2) is 0 Å². The highest BCUT2D eigenvalue weighted by atomic mass is 31.2. The van der Waals surface area contributed by atoms with Crippen molar-refractivity contribution in [2.24, 2.45) is 0 Å². The summed E-state index contributed by atoms with van der Waals surface area (Å²) in [4.78, 5) is 23.2. The summed E-state index contributed by atoms with van der Waals surface area (Å²) < 4.78 is 23.6. The molecular weight excluding hydrogens is 780 g/mol. The van der Waals surface area contributed by atoms with Crippen molar-refractivity contribution in [3.8, 4) is 0 Å². The van der Waals surface area contributed by atoms with E-state index in [0.717, 1.165) is 89.9 Å². The molecule has 3 N–H and O–H groups in total. The first-order chi connectivity index (χ1) is 29.5. The van der Waals surface area contributed by atoms with E-state index in [1.54, 1.807) is 6.08 Å². The molecule has 0 aliphatic carbocycles. The second kappa shape index (κ2) is 43.0. The average molecular weight is 874 g/mol. The van der Waals surface area contributed by atoms with E-state index in [2.05, 4.69) is 92.1 Å². The Morgan fingerprint density at radius 3 is 1.44 bits per heavy atom. The van der Waals surface area contributed by atoms with Gasteiger partial charge < -0.3 is 19.8 Å². The lowest BCUT2D eigenvalue weighted by Gasteiger charge is -2.25. The van der Waals surface area contributed by atoms with Crippen LogP contribution in [0, 0.1) is 0 Å². The molecule has 0 saturated carbocycles. The van der Waals surface area contributed by atoms with Crippen LogP contribution in [0.2, 0.25) is 0 Å². The van der Waals surface area contributed by atoms with Crippen LogP contribution in [0.4, 0.5) is 0 Å². The molecule has 0 heterocycles. The molecule has 3 unspecified atom stereocenters. The minimum absolute atomic E-state index is 0.0539. The van der Waals surface area contributed by atoms with Crippen molar-refractivity contribution in [1.82, 2.24) is 5.32 Å². The van der Waals surface area contributed by atoms with Gasteiger partial charge in [-0.05, 0) is 70.6 Å². The van der Waals surface area contributed by atoms with Gasteiger partial charge in [0.2, 0.25) is 5.91 Å². The van der Waals surface area contributed by atoms with Crippen molar-refractivity contribution < 1.29 is 32.9 Å². The topological polar surface area (TPSA) is 105 Å². The van der Waals surface area contributed by atoms with Gasteiger partial charge in [-0.1, -0.05) is 195 Å². The summed E-state index contributed by atoms with van der Waals surface area (Å²) in [6.45, 7) is 4.67. The molecule has 0 aliphatic heterocycles. The largest absolute Gasteiger partial charge is 0.472 e. The van der Waals surface area contributed by atoms with E-state index in [4.69, 9.17) is 9.05 Å². The Hall–Kier alpha value is -2.32. The fourth-order valence-electron chi connectivity index (χ4n) is 6.51. The number of aliphatic hydroxyl groups is 1. The van der Waals surface area contributed by atoms with Gasteiger partial charge in [-0.15, -0.1) is 0 Å². The van der Waals surface area contributed by atoms with Crippen LogP contribution in [0.3, 0.4) is 0 Å². The first kappa shape index (κ1) is 58.7. The van der Waals surface area contributed by atoms with Crippen LogP contribution in [0.15, 0.2) is 85.1 Å². The van der Waals surface area contributed by atoms with Crippen molar-refractivity contribution in [1.29, 1.82) is 0 Å². The molecule has 0 radical (unpaired) electrons. The molecule has 0 rings (SSSR count). The quantitative estimate of drug-likeness (QED) is 0.0244. The number of carbonyl (C=O) groups excluding carboxylic acids is 1. The average Bonchev–Trinajstić information content (AvgIpc) is 3.21. The van der Waals surface area contributed by atoms with Gasteiger partial charge in [-0.2, -0.15) is 0 Å². The van der Waals surface area contributed by atoms with E-state index in [-0.39, 0.29) is 19.1 Å². The van der Waals surface area contributed by atoms with Gasteiger partial charge in [-0.25, -0.2) is 4.57 Å². The highest BCUT2D eigenvalue weighted by Crippen LogP contribution is 2.43. The maximum absolute atomic E-state index is 12.9. The van der Waals surface area contributed by atoms with Gasteiger partial charge >= 0.3 is 7.82 Å². The molecule has 0 aromatic heterocycles. The van der Waals surface area contributed by atoms with E-state index in [0.29, 0.717) is 17.4 Å². The number of hydrogen-bond acceptors (Lipinski definition) is 5. The lowest BCUT2D eigenvalue weighted by Crippen LogP contribution is -2.45. The first-order valence-electron chi connectivity index (χ1n) is 24.5. The molecular formula is C52H94N2O6P+. The zero-order chi connectivity index (χ0) is 45.0. The van der Waals surface area contributed by atoms with Crippen molar-refractivity contribution in [3.63, 3.8) is 0 Å². The van der Waals surface area contributed by atoms with Gasteiger partial charge in [0.05, 0.1) is 39.9 Å². The van der Waals surface area contributed by atoms with Crippen LogP contribution < -0.4 is 5.32 Å². The third kappa shape index (κ3) is 45.5. The summed E-state index contributed by atoms with van der Waals surface area (Å²) in [5.41, 5.74) is 0. The Morgan fingerprint density at radius 1 is 0.574 bits per heavy atom. The maximum atomic E-state index is 12.9. The number of phosphoric acid groups is 1. The Kier molecular flexibility index (Phi) is 41.3. The Bertz CT molecular complexity index is 1260. The lowest BCUT2D eigenvalue weighted by atomic mass is 10.0. The SMILES string of the molecule is CC/C=C\C/C=C\C/C=C\C/C=C\C/C=C\C/C=C\CCCCCCCCC(=O)NC(COP(=O)(O)OCC[N+](C)(C)C)C(O)/C=C/CCCCCCCCCCCCCC. The molecule has 0 aliphatic rings. The maximum Gasteiger partial charge on any atom is 0.472 e. The number of nitrogens with zero attached hydrogens (tertiary/aromatic N) is 1. The number of rotatable bonds is 43. The van der Waals surface area contributed by atoms with Gasteiger partial charge in [0.1, 0.15) is 13.2 Å². The van der Waals surface area contributed by atoms with Crippen molar-refractivity contribution in [2.45, 2.75) is 199 Å². The molecule has 1 amide bonds. The third-order valence-corrected chi connectivity index (χ3v) is 11.4. The zero-order valence-corrected chi connectivity index (χ0v) is 40.8. The fraction of sp³-hybridized carbons (Fsp3) is 0.712. The Labute approximate surface area is 376 Å². The molecule has 0 spiro atoms. The van der Waals surface area contributed by atoms with Crippen molar-refractivity contribution in [3.05, 3.63) is 85.1 Å². The first-order valence-corrected chi connectivity index (χ1v) is 26.0. The predicted molar refractivity (Wildman–Crippen MR) is 263 cm³/mol. The molecule has 0 bridgehead atoms. The highest BCUT2D eigenvalue weighted by molar-refractivity contribution is 7.47. The van der Waals surface area contributed by atoms with Crippen LogP contribution in [0.5, 0.6) is 0 Å². The number of phosphoric ester groups is 1. The molecule has 0 saturated heterocycles. The minimum Gasteiger partial charge on any atom is -0.387 e. The van der Waals surface area contributed by atoms with Crippen LogP contribution in [-0.4, -0.2) is 73.4 Å². The van der Waals surface area contributed by atoms with Crippen molar-refractivity contribution in [2.75, 3.05) is 40.9 Å². The smallest absolute Gasteiger partial charge is 0.387 e. The third-order valence-electron chi connectivity index (χ3n) is 10.4. The molecule has 0 aromatic rings. The summed E-state index contributed by atoms with van der Waals surface area (Å²) in [7, 11) is 1.55. The molecule has 61 heavy (non-hydrogen) atoms. The number of carbonyl (C=O) groups is 1. The number of quaternary nitrogens is 1. The number of unbranched alkanes of at least 4 members (excludes halogenated alkanes) is 18. The standard InChI is InChI=1S/C52H93N2O6P/c1-6-8-10-12-14-16-18-20-22-23-24-25-26-27-28-29-30-31-32-34-36-38-40-42-44-46-52(56)53-50(49-60-61(57,58)59-48-47-54(3,4)5)51(55)45-43-41-39-37-35-33-21-19-17-15-13-11-9-7-2/h8,10,14,16,20,22,24-25,27-28,30-31,43,45,50-51,55H,6-7,9,11-13,15,17-19,21,23,26,29,32-42,44,46-49H2,1-5H3,(H-,53,56,57,58)/p+1/b10-8-,16-14-,22-20-,25-24-,28-27-,31-30-,45-43+. The van der Waals surface area contributed by atoms with Crippen LogP contribution in [0.1, 0.15) is 187 Å². The number of hydrogen-bond donors (Lipinski definition) is 3. The van der Waals surface area contributed by atoms with E-state index < -0.39 is 20.0 Å². The predicted octanol–water partition coefficient (Wildman–Crippen LogP) is 14.1. The molecule has 3 atom stereocenters. The summed E-state index contributed by atoms with van der Waals surface area (Å²) in [5, 5.41) is 13.8. The molecule has 8 nitrogen and oxygen atoms in total. The van der Waals surface area contributed by atoms with Crippen LogP contribution >= 0.6 is 7.82 Å². The Morgan fingerprint density at radius 2 is 0.984 bits per heavy atom. The Balaban J connectivity index is 4.36. The minimum atomic E-state index is -4.35. The number of allylic oxidation sites excluding steroid dienone is 13. The zero-order valence-electron chi connectivity index (χ0n) is 39.9. The number of nitrogens with one attached hydrogen (secondary N) is 1. The van der Waals surface area contributed by atoms with Gasteiger partial charge in [0, 0.05) is 6.42 Å². The number of aliphatic hydroxyl groups excluding tert-OH is 1. The lowest BCUT2D eigenvalue weighted by molar-refractivity contribution is -0.870. The second-order valence-corrected chi connectivity index (χ2v) is 18.9. The van der Waals surface area contributed by atoms with Crippen molar-refractivity contribution >= 4 is 13.7 Å². The normalized spacial score (nSPS) is 14.9. The molecule has 9 heteroatoms. The summed E-state index contributed by atoms with van der Waals surface area (Å²) in [6, 6.07) is -0.859. The van der Waals surface area contributed by atoms with Crippen LogP contribution in [0.25, 0.3) is 0 Å². The molecule has 352 valence electrons. The highest BCUT2D eigenvalue weighted by Gasteiger charge is 2.27.